The van der Waals surface area contributed by atoms with Crippen molar-refractivity contribution < 1.29 is 4.42 Å². The second-order valence-electron chi connectivity index (χ2n) is 28.9. The molecule has 4 aliphatic rings. The number of nitrogens with zero attached hydrogens (tertiary/aromatic N) is 3. The molecular weight excluding hydrogens is 958 g/mol. The van der Waals surface area contributed by atoms with Crippen LogP contribution in [0.15, 0.2) is 150 Å². The molecule has 0 saturated heterocycles. The van der Waals surface area contributed by atoms with E-state index >= 15 is 0 Å². The minimum absolute atomic E-state index is 0.0147. The van der Waals surface area contributed by atoms with Gasteiger partial charge in [-0.15, -0.1) is 0 Å². The van der Waals surface area contributed by atoms with E-state index in [-0.39, 0.29) is 39.3 Å². The molecule has 0 bridgehead atoms. The van der Waals surface area contributed by atoms with Crippen molar-refractivity contribution in [2.24, 2.45) is 0 Å². The lowest BCUT2D eigenvalue weighted by atomic mass is 9.43. The van der Waals surface area contributed by atoms with Crippen LogP contribution < -0.4 is 25.5 Å². The van der Waals surface area contributed by atoms with E-state index in [1.165, 1.54) is 108 Å². The molecule has 9 aromatic rings. The van der Waals surface area contributed by atoms with Gasteiger partial charge in [0.05, 0.1) is 0 Å². The van der Waals surface area contributed by atoms with Crippen LogP contribution in [0.4, 0.5) is 45.5 Å². The molecule has 1 aromatic heterocycles. The molecule has 0 N–H and O–H groups in total. The molecule has 5 heteroatoms. The van der Waals surface area contributed by atoms with Crippen molar-refractivity contribution in [1.29, 1.82) is 0 Å². The van der Waals surface area contributed by atoms with Crippen LogP contribution in [-0.4, -0.2) is 6.85 Å². The lowest BCUT2D eigenvalue weighted by Crippen LogP contribution is -2.61. The predicted octanol–water partition coefficient (Wildman–Crippen LogP) is 19.7. The Balaban J connectivity index is 1.13. The molecular formula is C74H80BN3O. The Morgan fingerprint density at radius 3 is 1.62 bits per heavy atom. The molecule has 0 amide bonds. The third kappa shape index (κ3) is 8.13. The summed E-state index contributed by atoms with van der Waals surface area (Å²) in [6.45, 7) is 38.0. The first kappa shape index (κ1) is 51.5. The fraction of sp³-hybridized carbons (Fsp3) is 0.351. The van der Waals surface area contributed by atoms with E-state index < -0.39 is 0 Å². The number of hydrogen-bond acceptors (Lipinski definition) is 4. The smallest absolute Gasteiger partial charge is 0.333 e. The van der Waals surface area contributed by atoms with E-state index in [9.17, 15) is 0 Å². The Labute approximate surface area is 472 Å². The fourth-order valence-electron chi connectivity index (χ4n) is 14.3. The van der Waals surface area contributed by atoms with Crippen molar-refractivity contribution in [3.8, 4) is 11.1 Å². The molecule has 0 saturated carbocycles. The highest BCUT2D eigenvalue weighted by Crippen LogP contribution is 2.55. The number of anilines is 8. The number of hydrogen-bond donors (Lipinski definition) is 0. The third-order valence-electron chi connectivity index (χ3n) is 19.4. The van der Waals surface area contributed by atoms with Gasteiger partial charge in [-0.1, -0.05) is 164 Å². The molecule has 2 aliphatic carbocycles. The van der Waals surface area contributed by atoms with Crippen LogP contribution in [-0.2, 0) is 32.5 Å². The largest absolute Gasteiger partial charge is 0.456 e. The molecule has 13 rings (SSSR count). The summed E-state index contributed by atoms with van der Waals surface area (Å²) in [5.41, 5.74) is 27.7. The number of aryl methyl sites for hydroxylation is 2. The summed E-state index contributed by atoms with van der Waals surface area (Å²) >= 11 is 0. The van der Waals surface area contributed by atoms with Crippen LogP contribution in [0.2, 0.25) is 0 Å². The van der Waals surface area contributed by atoms with E-state index in [0.717, 1.165) is 51.8 Å². The van der Waals surface area contributed by atoms with Gasteiger partial charge in [-0.05, 0) is 206 Å². The van der Waals surface area contributed by atoms with Gasteiger partial charge in [-0.2, -0.15) is 0 Å². The zero-order chi connectivity index (χ0) is 55.7. The van der Waals surface area contributed by atoms with E-state index in [0.29, 0.717) is 0 Å². The van der Waals surface area contributed by atoms with Gasteiger partial charge in [0.25, 0.3) is 0 Å². The lowest BCUT2D eigenvalue weighted by Gasteiger charge is -2.48. The van der Waals surface area contributed by atoms with Crippen LogP contribution in [0.1, 0.15) is 167 Å². The van der Waals surface area contributed by atoms with Gasteiger partial charge in [-0.3, -0.25) is 0 Å². The molecule has 0 unspecified atom stereocenters. The van der Waals surface area contributed by atoms with Crippen LogP contribution in [0.3, 0.4) is 0 Å². The third-order valence-corrected chi connectivity index (χ3v) is 19.4. The van der Waals surface area contributed by atoms with Crippen LogP contribution >= 0.6 is 0 Å². The quantitative estimate of drug-likeness (QED) is 0.160. The molecule has 0 spiro atoms. The Hall–Kier alpha value is -6.98. The summed E-state index contributed by atoms with van der Waals surface area (Å²) in [5.74, 6) is 0. The lowest BCUT2D eigenvalue weighted by molar-refractivity contribution is 0.332. The molecule has 2 aliphatic heterocycles. The first-order valence-corrected chi connectivity index (χ1v) is 29.4. The Bertz CT molecular complexity index is 3910. The maximum Gasteiger partial charge on any atom is 0.333 e. The molecule has 0 radical (unpaired) electrons. The Morgan fingerprint density at radius 2 is 1.01 bits per heavy atom. The molecule has 79 heavy (non-hydrogen) atoms. The van der Waals surface area contributed by atoms with Crippen molar-refractivity contribution in [3.63, 3.8) is 0 Å². The van der Waals surface area contributed by atoms with Crippen molar-refractivity contribution in [2.75, 3.05) is 14.6 Å². The summed E-state index contributed by atoms with van der Waals surface area (Å²) < 4.78 is 6.84. The second kappa shape index (κ2) is 17.3. The van der Waals surface area contributed by atoms with Crippen molar-refractivity contribution in [1.82, 2.24) is 0 Å². The van der Waals surface area contributed by atoms with Crippen LogP contribution in [0.5, 0.6) is 0 Å². The highest BCUT2D eigenvalue weighted by atomic mass is 16.3. The summed E-state index contributed by atoms with van der Waals surface area (Å²) in [4.78, 5) is 7.88. The van der Waals surface area contributed by atoms with Gasteiger partial charge in [0.1, 0.15) is 11.2 Å². The van der Waals surface area contributed by atoms with Gasteiger partial charge in [-0.25, -0.2) is 0 Å². The number of fused-ring (bicyclic) bond motifs is 9. The SMILES string of the molecule is Cc1cc2c3c(c1)N(c1cc4c(cc1C)C(C)(C)CCC4(C)C)c1cc(N(c4ccc(C(C)(C)C)cc4)c4ccc(C(C)(C)C)cc4)ccc1B3N(c1ccc3c(c1)C(C)(C)CCC3(C)C)c1cc3oc4ccccc4c3cc1-2. The normalized spacial score (nSPS) is 17.5. The summed E-state index contributed by atoms with van der Waals surface area (Å²) in [5, 5.41) is 2.30. The summed E-state index contributed by atoms with van der Waals surface area (Å²) in [6, 6.07) is 57.0. The number of benzene rings is 8. The zero-order valence-corrected chi connectivity index (χ0v) is 50.0. The van der Waals surface area contributed by atoms with Crippen molar-refractivity contribution in [3.05, 3.63) is 190 Å². The maximum absolute atomic E-state index is 6.84. The minimum atomic E-state index is -0.170. The number of furan rings is 1. The number of rotatable bonds is 5. The van der Waals surface area contributed by atoms with E-state index in [1.54, 1.807) is 0 Å². The molecule has 400 valence electrons. The van der Waals surface area contributed by atoms with Crippen LogP contribution in [0.25, 0.3) is 33.1 Å². The van der Waals surface area contributed by atoms with Crippen molar-refractivity contribution in [2.45, 2.75) is 169 Å². The van der Waals surface area contributed by atoms with E-state index in [1.807, 2.05) is 0 Å². The molecule has 0 fully saturated rings. The highest BCUT2D eigenvalue weighted by molar-refractivity contribution is 6.93. The predicted molar refractivity (Wildman–Crippen MR) is 340 cm³/mol. The Morgan fingerprint density at radius 1 is 0.456 bits per heavy atom. The van der Waals surface area contributed by atoms with E-state index in [4.69, 9.17) is 4.42 Å². The monoisotopic (exact) mass is 1040 g/mol. The first-order chi connectivity index (χ1) is 37.2. The van der Waals surface area contributed by atoms with Gasteiger partial charge in [0, 0.05) is 67.9 Å². The zero-order valence-electron chi connectivity index (χ0n) is 50.0. The molecule has 3 heterocycles. The molecule has 4 nitrogen and oxygen atoms in total. The van der Waals surface area contributed by atoms with Gasteiger partial charge >= 0.3 is 6.85 Å². The Kier molecular flexibility index (Phi) is 11.2. The minimum Gasteiger partial charge on any atom is -0.456 e. The molecule has 0 atom stereocenters. The molecule has 8 aromatic carbocycles. The van der Waals surface area contributed by atoms with Crippen LogP contribution in [0, 0.1) is 13.8 Å². The summed E-state index contributed by atoms with van der Waals surface area (Å²) in [7, 11) is 0. The standard InChI is InChI=1S/C74H80BN3O/c1-45-37-56-54-42-55-53-19-17-18-20-66(53)79-67(55)44-63(54)78(52-29-31-57-59(40-52)73(13,14)34-33-71(57,9)10)75-61-32-30-51(76(49-25-21-47(22-26-49)69(3,4)5)50-27-23-48(24-28-50)70(6,7)8)41-64(61)77(65(38-45)68(56)75)62-43-60-58(39-46(62)2)72(11,12)35-36-74(60,15)16/h17-32,37-44H,33-36H2,1-16H3. The number of para-hydroxylation sites is 1. The van der Waals surface area contributed by atoms with Crippen molar-refractivity contribution >= 4 is 85.2 Å². The van der Waals surface area contributed by atoms with Gasteiger partial charge in [0.15, 0.2) is 0 Å². The van der Waals surface area contributed by atoms with Gasteiger partial charge in [0.2, 0.25) is 0 Å². The topological polar surface area (TPSA) is 22.9 Å². The average molecular weight is 1040 g/mol. The second-order valence-corrected chi connectivity index (χ2v) is 28.9. The maximum atomic E-state index is 6.84. The van der Waals surface area contributed by atoms with Gasteiger partial charge < -0.3 is 19.0 Å². The summed E-state index contributed by atoms with van der Waals surface area (Å²) in [6.07, 6.45) is 4.63. The van der Waals surface area contributed by atoms with E-state index in [2.05, 4.69) is 271 Å². The first-order valence-electron chi connectivity index (χ1n) is 29.4. The highest BCUT2D eigenvalue weighted by Gasteiger charge is 2.48. The fourth-order valence-corrected chi connectivity index (χ4v) is 14.3. The average Bonchev–Trinajstić information content (AvgIpc) is 2.93.